The predicted molar refractivity (Wildman–Crippen MR) is 81.8 cm³/mol. The first-order chi connectivity index (χ1) is 9.15. The standard InChI is InChI=1S/C16H15ClOS/c1-12-6-9-14(10-7-12)19-16(18)11-8-13-4-2-3-5-15(13)17/h2-7,9-10H,8,11H2,1H3. The lowest BCUT2D eigenvalue weighted by atomic mass is 10.1. The summed E-state index contributed by atoms with van der Waals surface area (Å²) >= 11 is 7.36. The van der Waals surface area contributed by atoms with Crippen molar-refractivity contribution in [2.75, 3.05) is 0 Å². The van der Waals surface area contributed by atoms with E-state index in [2.05, 4.69) is 0 Å². The molecule has 3 heteroatoms. The smallest absolute Gasteiger partial charge is 0.194 e. The lowest BCUT2D eigenvalue weighted by Gasteiger charge is -2.04. The van der Waals surface area contributed by atoms with Crippen molar-refractivity contribution < 1.29 is 4.79 Å². The van der Waals surface area contributed by atoms with Gasteiger partial charge in [-0.3, -0.25) is 4.79 Å². The van der Waals surface area contributed by atoms with E-state index >= 15 is 0 Å². The van der Waals surface area contributed by atoms with Crippen molar-refractivity contribution in [3.05, 3.63) is 64.7 Å². The molecule has 0 aliphatic heterocycles. The van der Waals surface area contributed by atoms with Crippen LogP contribution in [0.4, 0.5) is 0 Å². The molecule has 2 rings (SSSR count). The molecule has 2 aromatic carbocycles. The Labute approximate surface area is 123 Å². The van der Waals surface area contributed by atoms with Gasteiger partial charge in [-0.05, 0) is 37.1 Å². The van der Waals surface area contributed by atoms with Gasteiger partial charge in [-0.25, -0.2) is 0 Å². The number of hydrogen-bond acceptors (Lipinski definition) is 2. The number of halogens is 1. The van der Waals surface area contributed by atoms with Crippen molar-refractivity contribution in [1.29, 1.82) is 0 Å². The first-order valence-corrected chi connectivity index (χ1v) is 7.35. The van der Waals surface area contributed by atoms with Gasteiger partial charge in [0, 0.05) is 16.3 Å². The van der Waals surface area contributed by atoms with Crippen LogP contribution in [0.25, 0.3) is 0 Å². The molecule has 0 atom stereocenters. The average Bonchev–Trinajstić information content (AvgIpc) is 2.40. The van der Waals surface area contributed by atoms with Crippen LogP contribution in [0.15, 0.2) is 53.4 Å². The molecule has 0 amide bonds. The van der Waals surface area contributed by atoms with E-state index in [0.29, 0.717) is 12.8 Å². The molecule has 0 heterocycles. The van der Waals surface area contributed by atoms with Crippen LogP contribution in [0.1, 0.15) is 17.5 Å². The van der Waals surface area contributed by atoms with E-state index in [9.17, 15) is 4.79 Å². The van der Waals surface area contributed by atoms with Crippen LogP contribution in [0.3, 0.4) is 0 Å². The van der Waals surface area contributed by atoms with Crippen molar-refractivity contribution in [3.8, 4) is 0 Å². The number of aryl methyl sites for hydroxylation is 2. The first-order valence-electron chi connectivity index (χ1n) is 6.16. The maximum Gasteiger partial charge on any atom is 0.194 e. The summed E-state index contributed by atoms with van der Waals surface area (Å²) in [4.78, 5) is 12.9. The van der Waals surface area contributed by atoms with E-state index in [1.807, 2.05) is 55.5 Å². The lowest BCUT2D eigenvalue weighted by molar-refractivity contribution is -0.110. The minimum absolute atomic E-state index is 0.170. The van der Waals surface area contributed by atoms with Crippen LogP contribution >= 0.6 is 23.4 Å². The fraction of sp³-hybridized carbons (Fsp3) is 0.188. The van der Waals surface area contributed by atoms with E-state index in [4.69, 9.17) is 11.6 Å². The van der Waals surface area contributed by atoms with Crippen molar-refractivity contribution in [2.45, 2.75) is 24.7 Å². The van der Waals surface area contributed by atoms with Gasteiger partial charge in [0.05, 0.1) is 0 Å². The van der Waals surface area contributed by atoms with Gasteiger partial charge in [0.2, 0.25) is 0 Å². The number of hydrogen-bond donors (Lipinski definition) is 0. The number of thioether (sulfide) groups is 1. The molecule has 0 aliphatic carbocycles. The van der Waals surface area contributed by atoms with Gasteiger partial charge >= 0.3 is 0 Å². The molecular weight excluding hydrogens is 276 g/mol. The van der Waals surface area contributed by atoms with E-state index in [-0.39, 0.29) is 5.12 Å². The molecule has 2 aromatic rings. The molecule has 0 aliphatic rings. The molecule has 0 radical (unpaired) electrons. The molecule has 0 unspecified atom stereocenters. The lowest BCUT2D eigenvalue weighted by Crippen LogP contribution is -1.95. The predicted octanol–water partition coefficient (Wildman–Crippen LogP) is 4.90. The summed E-state index contributed by atoms with van der Waals surface area (Å²) in [5.74, 6) is 0. The number of rotatable bonds is 4. The summed E-state index contributed by atoms with van der Waals surface area (Å²) < 4.78 is 0. The normalized spacial score (nSPS) is 10.4. The van der Waals surface area contributed by atoms with E-state index in [1.54, 1.807) is 0 Å². The van der Waals surface area contributed by atoms with Gasteiger partial charge < -0.3 is 0 Å². The van der Waals surface area contributed by atoms with Crippen LogP contribution < -0.4 is 0 Å². The van der Waals surface area contributed by atoms with Crippen molar-refractivity contribution in [2.24, 2.45) is 0 Å². The first kappa shape index (κ1) is 14.2. The molecular formula is C16H15ClOS. The summed E-state index contributed by atoms with van der Waals surface area (Å²) in [5.41, 5.74) is 2.23. The second kappa shape index (κ2) is 6.78. The fourth-order valence-electron chi connectivity index (χ4n) is 1.73. The zero-order chi connectivity index (χ0) is 13.7. The summed E-state index contributed by atoms with van der Waals surface area (Å²) in [6, 6.07) is 15.7. The molecule has 0 saturated heterocycles. The molecule has 0 fully saturated rings. The second-order valence-electron chi connectivity index (χ2n) is 4.38. The highest BCUT2D eigenvalue weighted by atomic mass is 35.5. The minimum atomic E-state index is 0.170. The topological polar surface area (TPSA) is 17.1 Å². The van der Waals surface area contributed by atoms with E-state index < -0.39 is 0 Å². The maximum absolute atomic E-state index is 11.9. The number of carbonyl (C=O) groups excluding carboxylic acids is 1. The quantitative estimate of drug-likeness (QED) is 0.745. The Morgan fingerprint density at radius 2 is 1.79 bits per heavy atom. The SMILES string of the molecule is Cc1ccc(SC(=O)CCc2ccccc2Cl)cc1. The Hall–Kier alpha value is -1.25. The van der Waals surface area contributed by atoms with Gasteiger partial charge in [-0.2, -0.15) is 0 Å². The zero-order valence-corrected chi connectivity index (χ0v) is 12.3. The molecule has 0 N–H and O–H groups in total. The molecule has 98 valence electrons. The van der Waals surface area contributed by atoms with E-state index in [0.717, 1.165) is 15.5 Å². The number of benzene rings is 2. The Bertz CT molecular complexity index is 563. The highest BCUT2D eigenvalue weighted by molar-refractivity contribution is 8.13. The highest BCUT2D eigenvalue weighted by Gasteiger charge is 2.07. The molecule has 19 heavy (non-hydrogen) atoms. The minimum Gasteiger partial charge on any atom is -0.287 e. The van der Waals surface area contributed by atoms with Crippen LogP contribution in [-0.4, -0.2) is 5.12 Å². The summed E-state index contributed by atoms with van der Waals surface area (Å²) in [6.07, 6.45) is 1.19. The molecule has 0 spiro atoms. The third-order valence-corrected chi connectivity index (χ3v) is 4.12. The van der Waals surface area contributed by atoms with Crippen LogP contribution in [0, 0.1) is 6.92 Å². The summed E-state index contributed by atoms with van der Waals surface area (Å²) in [7, 11) is 0. The summed E-state index contributed by atoms with van der Waals surface area (Å²) in [5, 5.41) is 0.902. The third-order valence-electron chi connectivity index (χ3n) is 2.81. The molecule has 0 aromatic heterocycles. The van der Waals surface area contributed by atoms with E-state index in [1.165, 1.54) is 17.3 Å². The average molecular weight is 291 g/mol. The Kier molecular flexibility index (Phi) is 5.06. The Balaban J connectivity index is 1.88. The highest BCUT2D eigenvalue weighted by Crippen LogP contribution is 2.23. The Morgan fingerprint density at radius 3 is 2.47 bits per heavy atom. The largest absolute Gasteiger partial charge is 0.287 e. The van der Waals surface area contributed by atoms with Gasteiger partial charge in [-0.1, -0.05) is 59.3 Å². The zero-order valence-electron chi connectivity index (χ0n) is 10.7. The van der Waals surface area contributed by atoms with Crippen LogP contribution in [-0.2, 0) is 11.2 Å². The molecule has 0 bridgehead atoms. The molecule has 0 saturated carbocycles. The summed E-state index contributed by atoms with van der Waals surface area (Å²) in [6.45, 7) is 2.04. The third kappa shape index (κ3) is 4.41. The van der Waals surface area contributed by atoms with Crippen LogP contribution in [0.2, 0.25) is 5.02 Å². The maximum atomic E-state index is 11.9. The van der Waals surface area contributed by atoms with Gasteiger partial charge in [0.25, 0.3) is 0 Å². The fourth-order valence-corrected chi connectivity index (χ4v) is 2.70. The van der Waals surface area contributed by atoms with Crippen molar-refractivity contribution >= 4 is 28.5 Å². The number of carbonyl (C=O) groups is 1. The van der Waals surface area contributed by atoms with Crippen molar-refractivity contribution in [1.82, 2.24) is 0 Å². The van der Waals surface area contributed by atoms with Gasteiger partial charge in [0.1, 0.15) is 0 Å². The van der Waals surface area contributed by atoms with Crippen LogP contribution in [0.5, 0.6) is 0 Å². The van der Waals surface area contributed by atoms with Gasteiger partial charge in [0.15, 0.2) is 5.12 Å². The molecule has 1 nitrogen and oxygen atoms in total. The monoisotopic (exact) mass is 290 g/mol. The van der Waals surface area contributed by atoms with Crippen molar-refractivity contribution in [3.63, 3.8) is 0 Å². The Morgan fingerprint density at radius 1 is 1.11 bits per heavy atom. The second-order valence-corrected chi connectivity index (χ2v) is 5.92. The van der Waals surface area contributed by atoms with Gasteiger partial charge in [-0.15, -0.1) is 0 Å².